The van der Waals surface area contributed by atoms with Crippen molar-refractivity contribution < 1.29 is 8.42 Å². The van der Waals surface area contributed by atoms with Gasteiger partial charge in [0.25, 0.3) is 0 Å². The van der Waals surface area contributed by atoms with E-state index in [0.29, 0.717) is 6.42 Å². The average molecular weight is 297 g/mol. The van der Waals surface area contributed by atoms with Crippen LogP contribution in [0.2, 0.25) is 0 Å². The van der Waals surface area contributed by atoms with Crippen molar-refractivity contribution in [1.82, 2.24) is 5.32 Å². The van der Waals surface area contributed by atoms with E-state index >= 15 is 0 Å². The fourth-order valence-corrected chi connectivity index (χ4v) is 3.76. The second-order valence-electron chi connectivity index (χ2n) is 5.50. The van der Waals surface area contributed by atoms with Crippen LogP contribution in [0.4, 0.5) is 0 Å². The number of benzene rings is 1. The second kappa shape index (κ2) is 7.23. The molecule has 3 nitrogen and oxygen atoms in total. The summed E-state index contributed by atoms with van der Waals surface area (Å²) in [6, 6.07) is 6.06. The van der Waals surface area contributed by atoms with Crippen molar-refractivity contribution in [2.24, 2.45) is 0 Å². The van der Waals surface area contributed by atoms with E-state index in [-0.39, 0.29) is 17.0 Å². The molecule has 0 fully saturated rings. The monoisotopic (exact) mass is 297 g/mol. The van der Waals surface area contributed by atoms with Crippen LogP contribution >= 0.6 is 0 Å². The molecule has 1 rings (SSSR count). The standard InChI is InChI=1S/C16H27NO2S/c1-6-14(5)20(18,19)11-16(17-7-2)15-9-8-12(3)13(4)10-15/h8-10,14,16-17H,6-7,11H2,1-5H3. The Morgan fingerprint density at radius 2 is 1.80 bits per heavy atom. The largest absolute Gasteiger partial charge is 0.309 e. The fourth-order valence-electron chi connectivity index (χ4n) is 2.15. The zero-order chi connectivity index (χ0) is 15.3. The van der Waals surface area contributed by atoms with Crippen LogP contribution in [0.1, 0.15) is 49.9 Å². The van der Waals surface area contributed by atoms with Gasteiger partial charge in [0.15, 0.2) is 9.84 Å². The maximum atomic E-state index is 12.3. The summed E-state index contributed by atoms with van der Waals surface area (Å²) in [5.74, 6) is 0.165. The molecule has 0 aliphatic heterocycles. The van der Waals surface area contributed by atoms with Gasteiger partial charge in [0.1, 0.15) is 0 Å². The first-order valence-corrected chi connectivity index (χ1v) is 9.05. The predicted molar refractivity (Wildman–Crippen MR) is 85.9 cm³/mol. The number of aryl methyl sites for hydroxylation is 2. The molecule has 0 saturated heterocycles. The highest BCUT2D eigenvalue weighted by atomic mass is 32.2. The summed E-state index contributed by atoms with van der Waals surface area (Å²) < 4.78 is 24.7. The van der Waals surface area contributed by atoms with Crippen molar-refractivity contribution in [3.8, 4) is 0 Å². The van der Waals surface area contributed by atoms with Crippen LogP contribution in [0.25, 0.3) is 0 Å². The number of rotatable bonds is 7. The first kappa shape index (κ1) is 17.2. The van der Waals surface area contributed by atoms with E-state index in [1.807, 2.05) is 19.9 Å². The Kier molecular flexibility index (Phi) is 6.21. The second-order valence-corrected chi connectivity index (χ2v) is 7.97. The van der Waals surface area contributed by atoms with E-state index in [4.69, 9.17) is 0 Å². The molecule has 1 N–H and O–H groups in total. The zero-order valence-corrected chi connectivity index (χ0v) is 14.0. The molecule has 0 aliphatic carbocycles. The van der Waals surface area contributed by atoms with E-state index in [1.165, 1.54) is 11.1 Å². The van der Waals surface area contributed by atoms with Crippen molar-refractivity contribution >= 4 is 9.84 Å². The minimum atomic E-state index is -3.07. The first-order chi connectivity index (χ1) is 9.31. The van der Waals surface area contributed by atoms with Gasteiger partial charge < -0.3 is 5.32 Å². The molecule has 0 aliphatic rings. The fraction of sp³-hybridized carbons (Fsp3) is 0.625. The van der Waals surface area contributed by atoms with Crippen molar-refractivity contribution in [2.75, 3.05) is 12.3 Å². The van der Waals surface area contributed by atoms with Crippen molar-refractivity contribution in [3.05, 3.63) is 34.9 Å². The quantitative estimate of drug-likeness (QED) is 0.841. The number of hydrogen-bond donors (Lipinski definition) is 1. The van der Waals surface area contributed by atoms with Crippen molar-refractivity contribution in [3.63, 3.8) is 0 Å². The third-order valence-corrected chi connectivity index (χ3v) is 6.33. The highest BCUT2D eigenvalue weighted by Gasteiger charge is 2.24. The van der Waals surface area contributed by atoms with E-state index in [9.17, 15) is 8.42 Å². The third kappa shape index (κ3) is 4.32. The van der Waals surface area contributed by atoms with Gasteiger partial charge in [-0.3, -0.25) is 0 Å². The van der Waals surface area contributed by atoms with E-state index in [0.717, 1.165) is 12.1 Å². The van der Waals surface area contributed by atoms with E-state index in [2.05, 4.69) is 31.3 Å². The normalized spacial score (nSPS) is 15.1. The number of nitrogens with one attached hydrogen (secondary N) is 1. The molecule has 0 heterocycles. The van der Waals surface area contributed by atoms with Gasteiger partial charge in [0.2, 0.25) is 0 Å². The van der Waals surface area contributed by atoms with Gasteiger partial charge in [0.05, 0.1) is 11.0 Å². The number of hydrogen-bond acceptors (Lipinski definition) is 3. The molecule has 2 atom stereocenters. The molecule has 2 unspecified atom stereocenters. The molecule has 4 heteroatoms. The maximum absolute atomic E-state index is 12.3. The molecular formula is C16H27NO2S. The molecule has 0 saturated carbocycles. The van der Waals surface area contributed by atoms with Gasteiger partial charge >= 0.3 is 0 Å². The minimum Gasteiger partial charge on any atom is -0.309 e. The zero-order valence-electron chi connectivity index (χ0n) is 13.2. The topological polar surface area (TPSA) is 46.2 Å². The van der Waals surface area contributed by atoms with E-state index < -0.39 is 9.84 Å². The molecule has 0 aromatic heterocycles. The highest BCUT2D eigenvalue weighted by molar-refractivity contribution is 7.92. The van der Waals surface area contributed by atoms with Gasteiger partial charge in [-0.15, -0.1) is 0 Å². The van der Waals surface area contributed by atoms with Gasteiger partial charge in [-0.1, -0.05) is 32.0 Å². The molecule has 0 radical (unpaired) electrons. The van der Waals surface area contributed by atoms with Gasteiger partial charge in [-0.25, -0.2) is 8.42 Å². The van der Waals surface area contributed by atoms with Crippen LogP contribution in [-0.4, -0.2) is 26.0 Å². The summed E-state index contributed by atoms with van der Waals surface area (Å²) in [7, 11) is -3.07. The Hall–Kier alpha value is -0.870. The summed E-state index contributed by atoms with van der Waals surface area (Å²) in [5, 5.41) is 3.02. The lowest BCUT2D eigenvalue weighted by Gasteiger charge is -2.21. The molecular weight excluding hydrogens is 270 g/mol. The van der Waals surface area contributed by atoms with E-state index in [1.54, 1.807) is 6.92 Å². The predicted octanol–water partition coefficient (Wildman–Crippen LogP) is 3.17. The van der Waals surface area contributed by atoms with Crippen molar-refractivity contribution in [2.45, 2.75) is 52.3 Å². The lowest BCUT2D eigenvalue weighted by atomic mass is 10.0. The molecule has 0 spiro atoms. The summed E-state index contributed by atoms with van der Waals surface area (Å²) in [6.45, 7) is 10.6. The molecule has 1 aromatic carbocycles. The third-order valence-electron chi connectivity index (χ3n) is 3.97. The average Bonchev–Trinajstić information content (AvgIpc) is 2.40. The van der Waals surface area contributed by atoms with Crippen molar-refractivity contribution in [1.29, 1.82) is 0 Å². The highest BCUT2D eigenvalue weighted by Crippen LogP contribution is 2.21. The van der Waals surface area contributed by atoms with Crippen LogP contribution < -0.4 is 5.32 Å². The summed E-state index contributed by atoms with van der Waals surface area (Å²) in [6.07, 6.45) is 0.661. The Morgan fingerprint density at radius 3 is 2.30 bits per heavy atom. The smallest absolute Gasteiger partial charge is 0.154 e. The van der Waals surface area contributed by atoms with Crippen LogP contribution in [0.15, 0.2) is 18.2 Å². The van der Waals surface area contributed by atoms with Gasteiger partial charge in [-0.2, -0.15) is 0 Å². The number of sulfone groups is 1. The molecule has 0 amide bonds. The van der Waals surface area contributed by atoms with Gasteiger partial charge in [-0.05, 0) is 50.4 Å². The lowest BCUT2D eigenvalue weighted by molar-refractivity contribution is 0.548. The lowest BCUT2D eigenvalue weighted by Crippen LogP contribution is -2.32. The van der Waals surface area contributed by atoms with Crippen LogP contribution in [0, 0.1) is 13.8 Å². The summed E-state index contributed by atoms with van der Waals surface area (Å²) >= 11 is 0. The molecule has 0 bridgehead atoms. The minimum absolute atomic E-state index is 0.127. The first-order valence-electron chi connectivity index (χ1n) is 7.33. The van der Waals surface area contributed by atoms with Crippen LogP contribution in [0.3, 0.4) is 0 Å². The Morgan fingerprint density at radius 1 is 1.15 bits per heavy atom. The van der Waals surface area contributed by atoms with Crippen LogP contribution in [0.5, 0.6) is 0 Å². The maximum Gasteiger partial charge on any atom is 0.154 e. The Bertz CT molecular complexity index is 537. The SMILES string of the molecule is CCNC(CS(=O)(=O)C(C)CC)c1ccc(C)c(C)c1. The van der Waals surface area contributed by atoms with Crippen LogP contribution in [-0.2, 0) is 9.84 Å². The Balaban J connectivity index is 3.03. The summed E-state index contributed by atoms with van der Waals surface area (Å²) in [5.41, 5.74) is 3.49. The molecule has 1 aromatic rings. The summed E-state index contributed by atoms with van der Waals surface area (Å²) in [4.78, 5) is 0. The van der Waals surface area contributed by atoms with Gasteiger partial charge in [0, 0.05) is 6.04 Å². The molecule has 114 valence electrons. The Labute approximate surface area is 123 Å². The molecule has 20 heavy (non-hydrogen) atoms.